The van der Waals surface area contributed by atoms with Crippen LogP contribution < -0.4 is 4.90 Å². The van der Waals surface area contributed by atoms with Gasteiger partial charge < -0.3 is 19.5 Å². The van der Waals surface area contributed by atoms with Crippen molar-refractivity contribution in [3.8, 4) is 11.1 Å². The van der Waals surface area contributed by atoms with Crippen molar-refractivity contribution < 1.29 is 28.7 Å². The molecule has 5 rings (SSSR count). The molecule has 0 saturated carbocycles. The molecule has 0 spiro atoms. The topological polar surface area (TPSA) is 132 Å². The van der Waals surface area contributed by atoms with E-state index in [0.29, 0.717) is 47.6 Å². The van der Waals surface area contributed by atoms with Crippen molar-refractivity contribution in [2.45, 2.75) is 80.1 Å². The van der Waals surface area contributed by atoms with Crippen LogP contribution in [-0.4, -0.2) is 68.5 Å². The molecule has 0 bridgehead atoms. The Morgan fingerprint density at radius 1 is 1.12 bits per heavy atom. The molecule has 0 aliphatic carbocycles. The van der Waals surface area contributed by atoms with E-state index in [0.717, 1.165) is 6.29 Å². The number of ether oxygens (including phenoxy) is 1. The minimum Gasteiger partial charge on any atom is -0.442 e. The summed E-state index contributed by atoms with van der Waals surface area (Å²) < 4.78 is 21.9. The van der Waals surface area contributed by atoms with Crippen molar-refractivity contribution in [2.75, 3.05) is 18.1 Å². The molecule has 2 atom stereocenters. The number of aliphatic hydroxyl groups is 1. The van der Waals surface area contributed by atoms with Crippen LogP contribution >= 0.6 is 0 Å². The Morgan fingerprint density at radius 2 is 1.84 bits per heavy atom. The smallest absolute Gasteiger partial charge is 0.414 e. The Balaban J connectivity index is 0.000000570. The highest BCUT2D eigenvalue weighted by molar-refractivity contribution is 5.99. The zero-order valence-electron chi connectivity index (χ0n) is 26.0. The lowest BCUT2D eigenvalue weighted by molar-refractivity contribution is -0.113. The Bertz CT molecular complexity index is 1310. The zero-order valence-corrected chi connectivity index (χ0v) is 26.0. The molecule has 4 heterocycles. The van der Waals surface area contributed by atoms with Gasteiger partial charge in [0.1, 0.15) is 23.9 Å². The third kappa shape index (κ3) is 10.2. The number of aromatic nitrogens is 4. The van der Waals surface area contributed by atoms with Crippen molar-refractivity contribution >= 4 is 23.8 Å². The second-order valence-corrected chi connectivity index (χ2v) is 10.3. The van der Waals surface area contributed by atoms with Gasteiger partial charge in [-0.3, -0.25) is 9.88 Å². The molecular weight excluding hydrogens is 555 g/mol. The van der Waals surface area contributed by atoms with Crippen LogP contribution in [0.15, 0.2) is 54.1 Å². The number of hydrogen-bond donors (Lipinski definition) is 1. The fraction of sp³-hybridized carbons (Fsp3) is 0.484. The first-order valence-corrected chi connectivity index (χ1v) is 14.6. The van der Waals surface area contributed by atoms with Crippen LogP contribution in [0.2, 0.25) is 0 Å². The quantitative estimate of drug-likeness (QED) is 0.359. The molecule has 2 aromatic heterocycles. The van der Waals surface area contributed by atoms with Crippen molar-refractivity contribution in [2.24, 2.45) is 10.6 Å². The van der Waals surface area contributed by atoms with Crippen LogP contribution in [0.1, 0.15) is 67.0 Å². The van der Waals surface area contributed by atoms with E-state index in [4.69, 9.17) is 14.7 Å². The molecule has 234 valence electrons. The average molecular weight is 599 g/mol. The maximum Gasteiger partial charge on any atom is 0.414 e. The van der Waals surface area contributed by atoms with Gasteiger partial charge in [-0.1, -0.05) is 64.9 Å². The van der Waals surface area contributed by atoms with Crippen LogP contribution in [0, 0.1) is 11.2 Å². The molecule has 2 unspecified atom stereocenters. The highest BCUT2D eigenvalue weighted by Crippen LogP contribution is 2.29. The second kappa shape index (κ2) is 17.1. The Kier molecular flexibility index (Phi) is 13.9. The molecule has 2 aliphatic heterocycles. The number of amides is 1. The largest absolute Gasteiger partial charge is 0.442 e. The third-order valence-electron chi connectivity index (χ3n) is 5.94. The highest BCUT2D eigenvalue weighted by Gasteiger charge is 2.33. The van der Waals surface area contributed by atoms with E-state index >= 15 is 0 Å². The van der Waals surface area contributed by atoms with Crippen molar-refractivity contribution in [3.05, 3.63) is 60.4 Å². The normalized spacial score (nSPS) is 17.5. The summed E-state index contributed by atoms with van der Waals surface area (Å²) in [4.78, 5) is 33.1. The van der Waals surface area contributed by atoms with E-state index in [2.05, 4.69) is 20.5 Å². The minimum atomic E-state index is -0.530. The SMILES string of the molecule is CC.CC.CC(C)(C)C=O.O=C1OC(Cn2ccnn2)CN1c1ccc(-c2ccc(C3=NOC(CO)CC3)nc2)c(F)c1. The lowest BCUT2D eigenvalue weighted by Crippen LogP contribution is -2.26. The number of benzene rings is 1. The van der Waals surface area contributed by atoms with Gasteiger partial charge in [-0.05, 0) is 37.1 Å². The summed E-state index contributed by atoms with van der Waals surface area (Å²) in [5.41, 5.74) is 2.58. The van der Waals surface area contributed by atoms with Crippen molar-refractivity contribution in [1.29, 1.82) is 0 Å². The molecule has 12 heteroatoms. The van der Waals surface area contributed by atoms with Gasteiger partial charge in [0.05, 0.1) is 37.3 Å². The van der Waals surface area contributed by atoms with Crippen molar-refractivity contribution in [3.63, 3.8) is 0 Å². The Labute approximate surface area is 252 Å². The molecule has 3 aromatic rings. The number of hydrogen-bond acceptors (Lipinski definition) is 9. The van der Waals surface area contributed by atoms with E-state index in [1.54, 1.807) is 47.5 Å². The Hall–Kier alpha value is -4.19. The number of nitrogens with zero attached hydrogens (tertiary/aromatic N) is 6. The summed E-state index contributed by atoms with van der Waals surface area (Å²) in [6.07, 6.45) is 5.83. The number of anilines is 1. The molecule has 2 aliphatic rings. The average Bonchev–Trinajstić information content (AvgIpc) is 3.68. The summed E-state index contributed by atoms with van der Waals surface area (Å²) in [6.45, 7) is 14.2. The molecular formula is C31H43FN6O5. The van der Waals surface area contributed by atoms with Gasteiger partial charge in [0, 0.05) is 28.9 Å². The van der Waals surface area contributed by atoms with Crippen LogP contribution in [0.5, 0.6) is 0 Å². The standard InChI is InChI=1S/C22H21FN6O4.C5H10O.2C2H6/c23-19-9-15(29-12-17(32-22(29)31)11-28-8-7-25-27-28)2-4-18(19)14-1-5-20(24-10-14)21-6-3-16(13-30)33-26-21;1-5(2,3)4-6;2*1-2/h1-2,4-5,7-10,16-17,30H,3,6,11-13H2;4H,1-3H3;2*1-2H3. The van der Waals surface area contributed by atoms with Gasteiger partial charge >= 0.3 is 6.09 Å². The number of rotatable bonds is 6. The zero-order chi connectivity index (χ0) is 32.0. The summed E-state index contributed by atoms with van der Waals surface area (Å²) in [5, 5.41) is 20.8. The van der Waals surface area contributed by atoms with Gasteiger partial charge in [0.15, 0.2) is 6.10 Å². The van der Waals surface area contributed by atoms with Gasteiger partial charge in [-0.15, -0.1) is 5.10 Å². The molecule has 1 aromatic carbocycles. The van der Waals surface area contributed by atoms with E-state index in [1.807, 2.05) is 48.5 Å². The number of aliphatic hydroxyl groups excluding tert-OH is 1. The van der Waals surface area contributed by atoms with Gasteiger partial charge in [0.25, 0.3) is 0 Å². The molecule has 43 heavy (non-hydrogen) atoms. The maximum absolute atomic E-state index is 15.0. The maximum atomic E-state index is 15.0. The molecule has 1 amide bonds. The number of carbonyl (C=O) groups excluding carboxylic acids is 2. The molecule has 1 saturated heterocycles. The summed E-state index contributed by atoms with van der Waals surface area (Å²) in [6, 6.07) is 8.14. The fourth-order valence-electron chi connectivity index (χ4n) is 3.83. The number of cyclic esters (lactones) is 1. The fourth-order valence-corrected chi connectivity index (χ4v) is 3.83. The van der Waals surface area contributed by atoms with Crippen LogP contribution in [0.4, 0.5) is 14.9 Å². The predicted molar refractivity (Wildman–Crippen MR) is 163 cm³/mol. The molecule has 11 nitrogen and oxygen atoms in total. The third-order valence-corrected chi connectivity index (χ3v) is 5.94. The monoisotopic (exact) mass is 598 g/mol. The van der Waals surface area contributed by atoms with E-state index in [-0.39, 0.29) is 24.7 Å². The van der Waals surface area contributed by atoms with Crippen LogP contribution in [0.25, 0.3) is 11.1 Å². The van der Waals surface area contributed by atoms with Gasteiger partial charge in [-0.2, -0.15) is 0 Å². The lowest BCUT2D eigenvalue weighted by Gasteiger charge is -2.19. The lowest BCUT2D eigenvalue weighted by atomic mass is 10.0. The van der Waals surface area contributed by atoms with E-state index in [1.165, 1.54) is 11.0 Å². The number of carbonyl (C=O) groups is 2. The first-order chi connectivity index (χ1) is 20.7. The molecule has 1 N–H and O–H groups in total. The molecule has 0 radical (unpaired) electrons. The number of pyridine rings is 1. The van der Waals surface area contributed by atoms with Crippen molar-refractivity contribution in [1.82, 2.24) is 20.0 Å². The number of oxime groups is 1. The minimum absolute atomic E-state index is 0.0734. The summed E-state index contributed by atoms with van der Waals surface area (Å²) >= 11 is 0. The summed E-state index contributed by atoms with van der Waals surface area (Å²) in [7, 11) is 0. The second-order valence-electron chi connectivity index (χ2n) is 10.3. The molecule has 1 fully saturated rings. The number of halogens is 1. The highest BCUT2D eigenvalue weighted by atomic mass is 19.1. The van der Waals surface area contributed by atoms with E-state index < -0.39 is 18.0 Å². The van der Waals surface area contributed by atoms with Gasteiger partial charge in [0.2, 0.25) is 0 Å². The Morgan fingerprint density at radius 3 is 2.35 bits per heavy atom. The van der Waals surface area contributed by atoms with Crippen LogP contribution in [0.3, 0.4) is 0 Å². The summed E-state index contributed by atoms with van der Waals surface area (Å²) in [5.74, 6) is -0.473. The first-order valence-electron chi connectivity index (χ1n) is 14.6. The first kappa shape index (κ1) is 35.0. The predicted octanol–water partition coefficient (Wildman–Crippen LogP) is 5.66. The van der Waals surface area contributed by atoms with Crippen LogP contribution in [-0.2, 0) is 20.9 Å². The number of aldehydes is 1. The van der Waals surface area contributed by atoms with E-state index in [9.17, 15) is 14.0 Å². The van der Waals surface area contributed by atoms with Gasteiger partial charge in [-0.25, -0.2) is 13.9 Å².